The van der Waals surface area contributed by atoms with Gasteiger partial charge in [-0.15, -0.1) is 0 Å². The highest BCUT2D eigenvalue weighted by Gasteiger charge is 2.19. The number of hydrogen-bond donors (Lipinski definition) is 2. The van der Waals surface area contributed by atoms with Crippen LogP contribution in [0.3, 0.4) is 0 Å². The molecule has 0 heterocycles. The maximum absolute atomic E-state index is 12.0. The molecule has 0 aromatic heterocycles. The standard InChI is InChI=1S/C16H13N2O5/c19-14(11-5-4-8-13(9-11)18(22)23)10-15(20)16(21)17-12-6-2-1-3-7-12/h1-9,22H,10H2,(H,17,21)/q-1. The Labute approximate surface area is 131 Å². The molecule has 2 N–H and O–H groups in total. The van der Waals surface area contributed by atoms with Crippen LogP contribution < -0.4 is 10.5 Å². The summed E-state index contributed by atoms with van der Waals surface area (Å²) in [6.07, 6.45) is -0.633. The highest BCUT2D eigenvalue weighted by Crippen LogP contribution is 2.15. The Morgan fingerprint density at radius 3 is 2.39 bits per heavy atom. The van der Waals surface area contributed by atoms with Crippen LogP contribution in [0.5, 0.6) is 0 Å². The van der Waals surface area contributed by atoms with Crippen LogP contribution in [-0.4, -0.2) is 22.7 Å². The van der Waals surface area contributed by atoms with E-state index in [-0.39, 0.29) is 16.5 Å². The minimum Gasteiger partial charge on any atom is -0.733 e. The van der Waals surface area contributed by atoms with E-state index >= 15 is 0 Å². The molecule has 118 valence electrons. The summed E-state index contributed by atoms with van der Waals surface area (Å²) in [6, 6.07) is 13.6. The lowest BCUT2D eigenvalue weighted by atomic mass is 10.0. The molecule has 0 aliphatic heterocycles. The Hall–Kier alpha value is -3.03. The summed E-state index contributed by atoms with van der Waals surface area (Å²) < 4.78 is 0. The second-order valence-electron chi connectivity index (χ2n) is 4.67. The van der Waals surface area contributed by atoms with Crippen molar-refractivity contribution in [2.75, 3.05) is 10.5 Å². The molecule has 0 aliphatic rings. The third kappa shape index (κ3) is 4.47. The van der Waals surface area contributed by atoms with E-state index in [0.717, 1.165) is 6.07 Å². The summed E-state index contributed by atoms with van der Waals surface area (Å²) in [7, 11) is 0. The van der Waals surface area contributed by atoms with Crippen LogP contribution >= 0.6 is 0 Å². The van der Waals surface area contributed by atoms with Gasteiger partial charge in [0.05, 0.1) is 12.1 Å². The zero-order chi connectivity index (χ0) is 16.8. The molecule has 2 aromatic carbocycles. The topological polar surface area (TPSA) is 110 Å². The van der Waals surface area contributed by atoms with Crippen molar-refractivity contribution >= 4 is 28.8 Å². The molecule has 0 saturated carbocycles. The fourth-order valence-corrected chi connectivity index (χ4v) is 1.85. The molecular formula is C16H13N2O5-. The molecule has 0 aliphatic carbocycles. The van der Waals surface area contributed by atoms with Gasteiger partial charge in [0.15, 0.2) is 5.78 Å². The molecule has 23 heavy (non-hydrogen) atoms. The van der Waals surface area contributed by atoms with Crippen LogP contribution in [0.15, 0.2) is 54.6 Å². The number of anilines is 2. The third-order valence-electron chi connectivity index (χ3n) is 3.00. The fraction of sp³-hybridized carbons (Fsp3) is 0.0625. The molecule has 0 spiro atoms. The summed E-state index contributed by atoms with van der Waals surface area (Å²) in [6.45, 7) is 0. The van der Waals surface area contributed by atoms with E-state index in [1.54, 1.807) is 30.3 Å². The highest BCUT2D eigenvalue weighted by molar-refractivity contribution is 6.44. The Morgan fingerprint density at radius 2 is 1.74 bits per heavy atom. The number of rotatable bonds is 6. The van der Waals surface area contributed by atoms with E-state index in [2.05, 4.69) is 5.32 Å². The Balaban J connectivity index is 2.00. The normalized spacial score (nSPS) is 10.0. The maximum atomic E-state index is 12.0. The molecule has 0 atom stereocenters. The van der Waals surface area contributed by atoms with Gasteiger partial charge in [0.1, 0.15) is 0 Å². The molecule has 0 unspecified atom stereocenters. The number of nitrogens with one attached hydrogen (secondary N) is 1. The summed E-state index contributed by atoms with van der Waals surface area (Å²) in [4.78, 5) is 35.5. The van der Waals surface area contributed by atoms with Gasteiger partial charge >= 0.3 is 0 Å². The van der Waals surface area contributed by atoms with Crippen LogP contribution in [-0.2, 0) is 9.59 Å². The van der Waals surface area contributed by atoms with Crippen molar-refractivity contribution in [3.63, 3.8) is 0 Å². The molecule has 2 aromatic rings. The highest BCUT2D eigenvalue weighted by atomic mass is 16.8. The second kappa shape index (κ2) is 7.30. The van der Waals surface area contributed by atoms with Gasteiger partial charge in [-0.05, 0) is 24.3 Å². The molecule has 7 heteroatoms. The van der Waals surface area contributed by atoms with Gasteiger partial charge in [-0.3, -0.25) is 19.6 Å². The van der Waals surface area contributed by atoms with E-state index < -0.39 is 23.9 Å². The summed E-state index contributed by atoms with van der Waals surface area (Å²) >= 11 is 0. The number of benzene rings is 2. The van der Waals surface area contributed by atoms with Gasteiger partial charge in [-0.25, -0.2) is 0 Å². The van der Waals surface area contributed by atoms with E-state index in [1.807, 2.05) is 0 Å². The fourth-order valence-electron chi connectivity index (χ4n) is 1.85. The molecular weight excluding hydrogens is 300 g/mol. The van der Waals surface area contributed by atoms with Gasteiger partial charge in [0, 0.05) is 11.3 Å². The van der Waals surface area contributed by atoms with Crippen LogP contribution in [0.2, 0.25) is 0 Å². The van der Waals surface area contributed by atoms with Gasteiger partial charge < -0.3 is 15.8 Å². The minimum absolute atomic E-state index is 0.0539. The maximum Gasteiger partial charge on any atom is 0.292 e. The Kier molecular flexibility index (Phi) is 5.19. The van der Waals surface area contributed by atoms with Crippen molar-refractivity contribution in [3.8, 4) is 0 Å². The first-order valence-corrected chi connectivity index (χ1v) is 6.66. The van der Waals surface area contributed by atoms with Crippen molar-refractivity contribution in [1.29, 1.82) is 0 Å². The SMILES string of the molecule is O=C(CC(=O)c1cccc(N([O-])O)c1)C(=O)Nc1ccccc1. The molecule has 0 radical (unpaired) electrons. The lowest BCUT2D eigenvalue weighted by Crippen LogP contribution is -2.25. The molecule has 2 rings (SSSR count). The number of amides is 1. The average Bonchev–Trinajstić information content (AvgIpc) is 2.55. The summed E-state index contributed by atoms with van der Waals surface area (Å²) in [5.74, 6) is -2.41. The van der Waals surface area contributed by atoms with Crippen molar-refractivity contribution in [2.45, 2.75) is 6.42 Å². The van der Waals surface area contributed by atoms with Crippen LogP contribution in [0.4, 0.5) is 11.4 Å². The number of ketones is 2. The number of para-hydroxylation sites is 1. The number of carbonyl (C=O) groups is 3. The minimum atomic E-state index is -0.896. The number of hydrogen-bond acceptors (Lipinski definition) is 6. The predicted molar refractivity (Wildman–Crippen MR) is 83.1 cm³/mol. The number of carbonyl (C=O) groups excluding carboxylic acids is 3. The first-order chi connectivity index (χ1) is 11.0. The van der Waals surface area contributed by atoms with Gasteiger partial charge in [0.25, 0.3) is 5.91 Å². The van der Waals surface area contributed by atoms with Crippen molar-refractivity contribution in [1.82, 2.24) is 0 Å². The first kappa shape index (κ1) is 16.3. The number of nitrogens with zero attached hydrogens (tertiary/aromatic N) is 1. The van der Waals surface area contributed by atoms with Crippen LogP contribution in [0, 0.1) is 5.21 Å². The van der Waals surface area contributed by atoms with Gasteiger partial charge in [-0.1, -0.05) is 30.3 Å². The predicted octanol–water partition coefficient (Wildman–Crippen LogP) is 2.16. The van der Waals surface area contributed by atoms with E-state index in [0.29, 0.717) is 5.69 Å². The molecule has 0 saturated heterocycles. The monoisotopic (exact) mass is 313 g/mol. The smallest absolute Gasteiger partial charge is 0.292 e. The molecule has 0 fully saturated rings. The second-order valence-corrected chi connectivity index (χ2v) is 4.67. The molecule has 1 amide bonds. The lowest BCUT2D eigenvalue weighted by molar-refractivity contribution is -0.134. The van der Waals surface area contributed by atoms with Gasteiger partial charge in [0.2, 0.25) is 5.78 Å². The largest absolute Gasteiger partial charge is 0.733 e. The third-order valence-corrected chi connectivity index (χ3v) is 3.00. The van der Waals surface area contributed by atoms with E-state index in [9.17, 15) is 19.6 Å². The number of Topliss-reactive ketones (excluding diaryl/α,β-unsaturated/α-hetero) is 2. The zero-order valence-corrected chi connectivity index (χ0v) is 11.9. The first-order valence-electron chi connectivity index (χ1n) is 6.66. The summed E-state index contributed by atoms with van der Waals surface area (Å²) in [5.41, 5.74) is 0.359. The van der Waals surface area contributed by atoms with Crippen molar-refractivity contribution in [2.24, 2.45) is 0 Å². The zero-order valence-electron chi connectivity index (χ0n) is 11.9. The molecule has 0 bridgehead atoms. The average molecular weight is 313 g/mol. The lowest BCUT2D eigenvalue weighted by Gasteiger charge is -2.21. The van der Waals surface area contributed by atoms with Crippen molar-refractivity contribution < 1.29 is 19.6 Å². The van der Waals surface area contributed by atoms with Gasteiger partial charge in [-0.2, -0.15) is 0 Å². The molecule has 7 nitrogen and oxygen atoms in total. The Bertz CT molecular complexity index is 728. The Morgan fingerprint density at radius 1 is 1.04 bits per heavy atom. The van der Waals surface area contributed by atoms with E-state index in [1.165, 1.54) is 18.2 Å². The summed E-state index contributed by atoms with van der Waals surface area (Å²) in [5, 5.41) is 21.6. The van der Waals surface area contributed by atoms with Crippen LogP contribution in [0.25, 0.3) is 0 Å². The van der Waals surface area contributed by atoms with Crippen LogP contribution in [0.1, 0.15) is 16.8 Å². The van der Waals surface area contributed by atoms with Crippen molar-refractivity contribution in [3.05, 3.63) is 65.4 Å². The quantitative estimate of drug-likeness (QED) is 0.366. The van der Waals surface area contributed by atoms with E-state index in [4.69, 9.17) is 5.21 Å².